The first-order valence-corrected chi connectivity index (χ1v) is 10.7. The molecular formula is C23H33N5O. The van der Waals surface area contributed by atoms with Gasteiger partial charge in [-0.05, 0) is 56.3 Å². The number of nitrogens with zero attached hydrogens (tertiary/aromatic N) is 4. The lowest BCUT2D eigenvalue weighted by Gasteiger charge is -2.34. The molecular weight excluding hydrogens is 362 g/mol. The van der Waals surface area contributed by atoms with Gasteiger partial charge in [-0.25, -0.2) is 4.98 Å². The maximum absolute atomic E-state index is 12.6. The minimum Gasteiger partial charge on any atom is -0.369 e. The zero-order valence-corrected chi connectivity index (χ0v) is 17.9. The zero-order valence-electron chi connectivity index (χ0n) is 17.9. The zero-order chi connectivity index (χ0) is 20.6. The first-order chi connectivity index (χ1) is 14.1. The Morgan fingerprint density at radius 3 is 2.21 bits per heavy atom. The Labute approximate surface area is 174 Å². The van der Waals surface area contributed by atoms with Gasteiger partial charge in [0.15, 0.2) is 0 Å². The molecule has 0 saturated carbocycles. The molecule has 3 rings (SSSR count). The average molecular weight is 396 g/mol. The third-order valence-corrected chi connectivity index (χ3v) is 5.31. The van der Waals surface area contributed by atoms with Crippen molar-refractivity contribution in [3.63, 3.8) is 0 Å². The number of anilines is 3. The number of piperazine rings is 1. The second kappa shape index (κ2) is 10.3. The molecule has 1 fully saturated rings. The van der Waals surface area contributed by atoms with E-state index < -0.39 is 0 Å². The van der Waals surface area contributed by atoms with Gasteiger partial charge in [0.1, 0.15) is 5.82 Å². The van der Waals surface area contributed by atoms with Crippen molar-refractivity contribution in [2.45, 2.75) is 26.7 Å². The number of carbonyl (C=O) groups is 1. The van der Waals surface area contributed by atoms with E-state index in [0.717, 1.165) is 63.6 Å². The molecule has 1 N–H and O–H groups in total. The normalized spacial score (nSPS) is 14.7. The number of likely N-dealkylation sites (N-methyl/N-ethyl adjacent to an activating group) is 1. The van der Waals surface area contributed by atoms with E-state index in [1.807, 2.05) is 24.3 Å². The minimum absolute atomic E-state index is 0.131. The van der Waals surface area contributed by atoms with E-state index in [1.54, 1.807) is 6.20 Å². The number of carbonyl (C=O) groups excluding carboxylic acids is 1. The van der Waals surface area contributed by atoms with Crippen molar-refractivity contribution in [2.75, 3.05) is 61.4 Å². The van der Waals surface area contributed by atoms with Crippen LogP contribution in [0.2, 0.25) is 0 Å². The van der Waals surface area contributed by atoms with Crippen LogP contribution in [0.25, 0.3) is 0 Å². The summed E-state index contributed by atoms with van der Waals surface area (Å²) in [7, 11) is 2.16. The van der Waals surface area contributed by atoms with Crippen LogP contribution in [0.5, 0.6) is 0 Å². The van der Waals surface area contributed by atoms with Crippen molar-refractivity contribution in [1.82, 2.24) is 9.88 Å². The van der Waals surface area contributed by atoms with Gasteiger partial charge in [0.05, 0.1) is 5.56 Å². The molecule has 0 bridgehead atoms. The van der Waals surface area contributed by atoms with Gasteiger partial charge in [-0.15, -0.1) is 0 Å². The van der Waals surface area contributed by atoms with E-state index in [0.29, 0.717) is 5.56 Å². The molecule has 0 radical (unpaired) electrons. The highest BCUT2D eigenvalue weighted by molar-refractivity contribution is 6.04. The SMILES string of the molecule is CCCN(CCC)c1ccc(C(=O)Nc2ccc(N3CCN(C)CC3)cc2)cn1. The van der Waals surface area contributed by atoms with Crippen LogP contribution in [0.1, 0.15) is 37.0 Å². The lowest BCUT2D eigenvalue weighted by atomic mass is 10.2. The van der Waals surface area contributed by atoms with Crippen molar-refractivity contribution >= 4 is 23.1 Å². The maximum Gasteiger partial charge on any atom is 0.257 e. The third kappa shape index (κ3) is 5.70. The Morgan fingerprint density at radius 2 is 1.66 bits per heavy atom. The molecule has 0 atom stereocenters. The maximum atomic E-state index is 12.6. The fraction of sp³-hybridized carbons (Fsp3) is 0.478. The number of aromatic nitrogens is 1. The molecule has 1 aromatic heterocycles. The molecule has 29 heavy (non-hydrogen) atoms. The summed E-state index contributed by atoms with van der Waals surface area (Å²) in [6.45, 7) is 10.5. The molecule has 1 amide bonds. The highest BCUT2D eigenvalue weighted by Crippen LogP contribution is 2.20. The average Bonchev–Trinajstić information content (AvgIpc) is 2.75. The van der Waals surface area contributed by atoms with Crippen LogP contribution >= 0.6 is 0 Å². The Morgan fingerprint density at radius 1 is 1.00 bits per heavy atom. The smallest absolute Gasteiger partial charge is 0.257 e. The van der Waals surface area contributed by atoms with Gasteiger partial charge in [0, 0.05) is 56.8 Å². The molecule has 1 saturated heterocycles. The second-order valence-electron chi connectivity index (χ2n) is 7.68. The fourth-order valence-electron chi connectivity index (χ4n) is 3.61. The van der Waals surface area contributed by atoms with Gasteiger partial charge in [-0.3, -0.25) is 4.79 Å². The summed E-state index contributed by atoms with van der Waals surface area (Å²) in [6.07, 6.45) is 3.82. The third-order valence-electron chi connectivity index (χ3n) is 5.31. The van der Waals surface area contributed by atoms with E-state index >= 15 is 0 Å². The van der Waals surface area contributed by atoms with Gasteiger partial charge in [0.2, 0.25) is 0 Å². The molecule has 1 aliphatic rings. The number of hydrogen-bond donors (Lipinski definition) is 1. The van der Waals surface area contributed by atoms with Crippen LogP contribution in [0.15, 0.2) is 42.6 Å². The van der Waals surface area contributed by atoms with Crippen LogP contribution in [0.3, 0.4) is 0 Å². The van der Waals surface area contributed by atoms with Crippen molar-refractivity contribution in [1.29, 1.82) is 0 Å². The molecule has 0 spiro atoms. The van der Waals surface area contributed by atoms with Crippen molar-refractivity contribution in [3.8, 4) is 0 Å². The van der Waals surface area contributed by atoms with Gasteiger partial charge < -0.3 is 20.0 Å². The number of nitrogens with one attached hydrogen (secondary N) is 1. The monoisotopic (exact) mass is 395 g/mol. The number of benzene rings is 1. The first kappa shape index (κ1) is 21.1. The standard InChI is InChI=1S/C23H33N5O/c1-4-12-28(13-5-2)22-11-6-19(18-24-22)23(29)25-20-7-9-21(10-8-20)27-16-14-26(3)15-17-27/h6-11,18H,4-5,12-17H2,1-3H3,(H,25,29). The molecule has 6 nitrogen and oxygen atoms in total. The fourth-order valence-corrected chi connectivity index (χ4v) is 3.61. The van der Waals surface area contributed by atoms with E-state index in [1.165, 1.54) is 5.69 Å². The van der Waals surface area contributed by atoms with Gasteiger partial charge in [-0.1, -0.05) is 13.8 Å². The Balaban J connectivity index is 1.59. The minimum atomic E-state index is -0.131. The summed E-state index contributed by atoms with van der Waals surface area (Å²) in [4.78, 5) is 24.1. The molecule has 156 valence electrons. The van der Waals surface area contributed by atoms with E-state index in [2.05, 4.69) is 58.0 Å². The van der Waals surface area contributed by atoms with Crippen molar-refractivity contribution in [3.05, 3.63) is 48.2 Å². The van der Waals surface area contributed by atoms with Crippen molar-refractivity contribution in [2.24, 2.45) is 0 Å². The predicted molar refractivity (Wildman–Crippen MR) is 121 cm³/mol. The van der Waals surface area contributed by atoms with Crippen LogP contribution in [-0.2, 0) is 0 Å². The molecule has 2 aromatic rings. The molecule has 2 heterocycles. The number of pyridine rings is 1. The van der Waals surface area contributed by atoms with Gasteiger partial charge in [0.25, 0.3) is 5.91 Å². The molecule has 0 aliphatic carbocycles. The largest absolute Gasteiger partial charge is 0.369 e. The Bertz CT molecular complexity index is 761. The summed E-state index contributed by atoms with van der Waals surface area (Å²) >= 11 is 0. The lowest BCUT2D eigenvalue weighted by Crippen LogP contribution is -2.44. The summed E-state index contributed by atoms with van der Waals surface area (Å²) in [5, 5.41) is 2.98. The van der Waals surface area contributed by atoms with Crippen LogP contribution in [0, 0.1) is 0 Å². The van der Waals surface area contributed by atoms with Crippen molar-refractivity contribution < 1.29 is 4.79 Å². The number of rotatable bonds is 8. The van der Waals surface area contributed by atoms with E-state index in [9.17, 15) is 4.79 Å². The summed E-state index contributed by atoms with van der Waals surface area (Å²) in [5.74, 6) is 0.802. The first-order valence-electron chi connectivity index (χ1n) is 10.7. The second-order valence-corrected chi connectivity index (χ2v) is 7.68. The van der Waals surface area contributed by atoms with E-state index in [4.69, 9.17) is 0 Å². The van der Waals surface area contributed by atoms with Crippen LogP contribution in [-0.4, -0.2) is 62.1 Å². The highest BCUT2D eigenvalue weighted by atomic mass is 16.1. The summed E-state index contributed by atoms with van der Waals surface area (Å²) < 4.78 is 0. The lowest BCUT2D eigenvalue weighted by molar-refractivity contribution is 0.102. The Hall–Kier alpha value is -2.60. The Kier molecular flexibility index (Phi) is 7.47. The molecule has 0 unspecified atom stereocenters. The van der Waals surface area contributed by atoms with Gasteiger partial charge in [-0.2, -0.15) is 0 Å². The summed E-state index contributed by atoms with van der Waals surface area (Å²) in [5.41, 5.74) is 2.58. The van der Waals surface area contributed by atoms with E-state index in [-0.39, 0.29) is 5.91 Å². The van der Waals surface area contributed by atoms with Crippen LogP contribution in [0.4, 0.5) is 17.2 Å². The molecule has 6 heteroatoms. The number of hydrogen-bond acceptors (Lipinski definition) is 5. The molecule has 1 aromatic carbocycles. The number of amides is 1. The highest BCUT2D eigenvalue weighted by Gasteiger charge is 2.14. The van der Waals surface area contributed by atoms with Gasteiger partial charge >= 0.3 is 0 Å². The van der Waals surface area contributed by atoms with Crippen LogP contribution < -0.4 is 15.1 Å². The predicted octanol–water partition coefficient (Wildman–Crippen LogP) is 3.71. The summed E-state index contributed by atoms with van der Waals surface area (Å²) in [6, 6.07) is 11.9. The molecule has 1 aliphatic heterocycles. The topological polar surface area (TPSA) is 51.7 Å². The quantitative estimate of drug-likeness (QED) is 0.738.